The lowest BCUT2D eigenvalue weighted by atomic mass is 10.0. The molecule has 0 spiro atoms. The van der Waals surface area contributed by atoms with Crippen LogP contribution in [-0.2, 0) is 0 Å². The molecule has 1 aromatic carbocycles. The molecule has 1 aliphatic rings. The van der Waals surface area contributed by atoms with Crippen LogP contribution < -0.4 is 9.31 Å². The smallest absolute Gasteiger partial charge is 0.498 e. The molecule has 0 unspecified atom stereocenters. The zero-order valence-electron chi connectivity index (χ0n) is 7.65. The minimum atomic E-state index is -1.14. The molecule has 1 aliphatic heterocycles. The van der Waals surface area contributed by atoms with Gasteiger partial charge in [-0.15, -0.1) is 0 Å². The third-order valence-corrected chi connectivity index (χ3v) is 2.09. The van der Waals surface area contributed by atoms with E-state index in [0.29, 0.717) is 17.4 Å². The average molecular weight is 178 g/mol. The predicted octanol–water partition coefficient (Wildman–Crippen LogP) is 1.56. The Labute approximate surface area is 77.5 Å². The number of hydrogen-bond donors (Lipinski definition) is 1. The van der Waals surface area contributed by atoms with Crippen LogP contribution in [0.4, 0.5) is 0 Å². The van der Waals surface area contributed by atoms with Crippen molar-refractivity contribution in [3.63, 3.8) is 0 Å². The number of rotatable bonds is 1. The highest BCUT2D eigenvalue weighted by atomic mass is 16.7. The van der Waals surface area contributed by atoms with Crippen LogP contribution in [0.25, 0.3) is 0 Å². The van der Waals surface area contributed by atoms with Crippen LogP contribution >= 0.6 is 0 Å². The van der Waals surface area contributed by atoms with Gasteiger partial charge in [-0.25, -0.2) is 0 Å². The van der Waals surface area contributed by atoms with Crippen molar-refractivity contribution in [2.75, 3.05) is 0 Å². The lowest BCUT2D eigenvalue weighted by Gasteiger charge is -2.05. The van der Waals surface area contributed by atoms with Gasteiger partial charge in [-0.1, -0.05) is 19.9 Å². The van der Waals surface area contributed by atoms with Gasteiger partial charge < -0.3 is 14.3 Å². The summed E-state index contributed by atoms with van der Waals surface area (Å²) < 4.78 is 10.0. The highest BCUT2D eigenvalue weighted by Crippen LogP contribution is 2.35. The summed E-state index contributed by atoms with van der Waals surface area (Å²) in [5.74, 6) is 1.68. The summed E-state index contributed by atoms with van der Waals surface area (Å²) in [5, 5.41) is 9.04. The molecule has 0 bridgehead atoms. The van der Waals surface area contributed by atoms with Crippen molar-refractivity contribution >= 4 is 7.32 Å². The fraction of sp³-hybridized carbons (Fsp3) is 0.333. The molecule has 1 N–H and O–H groups in total. The molecule has 68 valence electrons. The Hall–Kier alpha value is -1.16. The molecule has 1 heterocycles. The number of hydrogen-bond acceptors (Lipinski definition) is 3. The van der Waals surface area contributed by atoms with Crippen LogP contribution in [0.2, 0.25) is 0 Å². The maximum absolute atomic E-state index is 9.04. The Morgan fingerprint density at radius 3 is 2.62 bits per heavy atom. The molecule has 4 heteroatoms. The summed E-state index contributed by atoms with van der Waals surface area (Å²) >= 11 is 0. The normalized spacial score (nSPS) is 14.0. The first-order chi connectivity index (χ1) is 6.16. The van der Waals surface area contributed by atoms with Crippen molar-refractivity contribution < 1.29 is 14.3 Å². The van der Waals surface area contributed by atoms with Crippen LogP contribution in [0, 0.1) is 0 Å². The fourth-order valence-electron chi connectivity index (χ4n) is 1.31. The molecule has 3 nitrogen and oxygen atoms in total. The van der Waals surface area contributed by atoms with E-state index in [1.54, 1.807) is 0 Å². The molecular weight excluding hydrogens is 167 g/mol. The Morgan fingerprint density at radius 1 is 1.23 bits per heavy atom. The molecule has 0 aliphatic carbocycles. The van der Waals surface area contributed by atoms with E-state index in [1.165, 1.54) is 5.56 Å². The van der Waals surface area contributed by atoms with Gasteiger partial charge in [-0.05, 0) is 23.6 Å². The van der Waals surface area contributed by atoms with Gasteiger partial charge in [0.05, 0.1) is 0 Å². The largest absolute Gasteiger partial charge is 0.785 e. The van der Waals surface area contributed by atoms with Gasteiger partial charge >= 0.3 is 7.32 Å². The lowest BCUT2D eigenvalue weighted by Crippen LogP contribution is -2.23. The third-order valence-electron chi connectivity index (χ3n) is 2.09. The second kappa shape index (κ2) is 2.96. The minimum absolute atomic E-state index is 0.451. The molecule has 0 radical (unpaired) electrons. The monoisotopic (exact) mass is 178 g/mol. The fourth-order valence-corrected chi connectivity index (χ4v) is 1.31. The van der Waals surface area contributed by atoms with Crippen molar-refractivity contribution in [2.24, 2.45) is 0 Å². The van der Waals surface area contributed by atoms with Crippen molar-refractivity contribution in [2.45, 2.75) is 19.8 Å². The van der Waals surface area contributed by atoms with E-state index in [2.05, 4.69) is 13.8 Å². The maximum Gasteiger partial charge on any atom is 0.785 e. The Bertz CT molecular complexity index is 325. The van der Waals surface area contributed by atoms with Crippen LogP contribution in [0.1, 0.15) is 25.3 Å². The van der Waals surface area contributed by atoms with Gasteiger partial charge in [0.25, 0.3) is 0 Å². The van der Waals surface area contributed by atoms with Crippen molar-refractivity contribution in [1.29, 1.82) is 0 Å². The molecule has 13 heavy (non-hydrogen) atoms. The zero-order chi connectivity index (χ0) is 9.42. The Morgan fingerprint density at radius 2 is 1.92 bits per heavy atom. The van der Waals surface area contributed by atoms with E-state index in [0.717, 1.165) is 0 Å². The first-order valence-electron chi connectivity index (χ1n) is 4.32. The standard InChI is InChI=1S/C9H11BO3/c1-6(2)7-3-4-8-9(5-7)13-10(11)12-8/h3-6,11H,1-2H3. The molecule has 0 amide bonds. The summed E-state index contributed by atoms with van der Waals surface area (Å²) in [7, 11) is -1.14. The molecule has 0 aromatic heterocycles. The number of fused-ring (bicyclic) bond motifs is 1. The van der Waals surface area contributed by atoms with E-state index >= 15 is 0 Å². The van der Waals surface area contributed by atoms with Gasteiger partial charge in [0, 0.05) is 0 Å². The lowest BCUT2D eigenvalue weighted by molar-refractivity contribution is 0.342. The molecule has 2 rings (SSSR count). The van der Waals surface area contributed by atoms with Crippen LogP contribution in [0.5, 0.6) is 11.5 Å². The second-order valence-corrected chi connectivity index (χ2v) is 3.40. The summed E-state index contributed by atoms with van der Waals surface area (Å²) in [6.45, 7) is 4.21. The van der Waals surface area contributed by atoms with Crippen molar-refractivity contribution in [3.05, 3.63) is 23.8 Å². The van der Waals surface area contributed by atoms with E-state index in [4.69, 9.17) is 14.3 Å². The SMILES string of the molecule is CC(C)c1ccc2c(c1)OB(O)O2. The molecule has 0 atom stereocenters. The van der Waals surface area contributed by atoms with E-state index < -0.39 is 7.32 Å². The van der Waals surface area contributed by atoms with Crippen molar-refractivity contribution in [1.82, 2.24) is 0 Å². The maximum atomic E-state index is 9.04. The van der Waals surface area contributed by atoms with E-state index in [-0.39, 0.29) is 0 Å². The first kappa shape index (κ1) is 8.44. The molecule has 1 aromatic rings. The second-order valence-electron chi connectivity index (χ2n) is 3.40. The van der Waals surface area contributed by atoms with Gasteiger partial charge in [-0.3, -0.25) is 0 Å². The molecule has 0 saturated heterocycles. The predicted molar refractivity (Wildman–Crippen MR) is 49.8 cm³/mol. The summed E-state index contributed by atoms with van der Waals surface area (Å²) in [6.07, 6.45) is 0. The summed E-state index contributed by atoms with van der Waals surface area (Å²) in [5.41, 5.74) is 1.18. The number of benzene rings is 1. The third kappa shape index (κ3) is 1.49. The Balaban J connectivity index is 2.35. The van der Waals surface area contributed by atoms with Gasteiger partial charge in [0.1, 0.15) is 11.5 Å². The molecular formula is C9H11BO3. The van der Waals surface area contributed by atoms with Gasteiger partial charge in [0.2, 0.25) is 0 Å². The van der Waals surface area contributed by atoms with Gasteiger partial charge in [-0.2, -0.15) is 0 Å². The van der Waals surface area contributed by atoms with Crippen LogP contribution in [0.15, 0.2) is 18.2 Å². The minimum Gasteiger partial charge on any atom is -0.498 e. The topological polar surface area (TPSA) is 38.7 Å². The molecule has 0 fully saturated rings. The highest BCUT2D eigenvalue weighted by Gasteiger charge is 2.31. The van der Waals surface area contributed by atoms with Crippen LogP contribution in [0.3, 0.4) is 0 Å². The summed E-state index contributed by atoms with van der Waals surface area (Å²) in [4.78, 5) is 0. The molecule has 0 saturated carbocycles. The first-order valence-corrected chi connectivity index (χ1v) is 4.32. The van der Waals surface area contributed by atoms with Gasteiger partial charge in [0.15, 0.2) is 0 Å². The van der Waals surface area contributed by atoms with Crippen LogP contribution in [-0.4, -0.2) is 12.3 Å². The quantitative estimate of drug-likeness (QED) is 0.663. The van der Waals surface area contributed by atoms with E-state index in [9.17, 15) is 0 Å². The zero-order valence-corrected chi connectivity index (χ0v) is 7.65. The van der Waals surface area contributed by atoms with E-state index in [1.807, 2.05) is 18.2 Å². The average Bonchev–Trinajstić information content (AvgIpc) is 2.42. The summed E-state index contributed by atoms with van der Waals surface area (Å²) in [6, 6.07) is 5.70. The van der Waals surface area contributed by atoms with Crippen molar-refractivity contribution in [3.8, 4) is 11.5 Å². The Kier molecular flexibility index (Phi) is 1.92. The highest BCUT2D eigenvalue weighted by molar-refractivity contribution is 6.38.